The van der Waals surface area contributed by atoms with Crippen molar-refractivity contribution in [2.75, 3.05) is 18.1 Å². The first-order valence-electron chi connectivity index (χ1n) is 9.24. The highest BCUT2D eigenvalue weighted by Gasteiger charge is 2.39. The molecule has 2 aliphatic carbocycles. The maximum atomic E-state index is 12.1. The third-order valence-corrected chi connectivity index (χ3v) is 6.01. The standard InChI is InChI=1S/C20H25NO3/c22-19-2-1-9-21(19)18-7-4-14(5-8-18)12-20(23)24-13-17-11-15-3-6-16(17)10-15/h4-5,7-8,15-17H,1-3,6,9-13H2. The summed E-state index contributed by atoms with van der Waals surface area (Å²) in [6, 6.07) is 7.73. The number of anilines is 1. The molecule has 2 saturated carbocycles. The summed E-state index contributed by atoms with van der Waals surface area (Å²) in [5.74, 6) is 2.33. The van der Waals surface area contributed by atoms with Crippen LogP contribution in [0.1, 0.15) is 44.1 Å². The van der Waals surface area contributed by atoms with Crippen LogP contribution in [0.25, 0.3) is 0 Å². The maximum Gasteiger partial charge on any atom is 0.310 e. The van der Waals surface area contributed by atoms with Crippen LogP contribution >= 0.6 is 0 Å². The zero-order chi connectivity index (χ0) is 16.5. The van der Waals surface area contributed by atoms with Crippen molar-refractivity contribution in [3.8, 4) is 0 Å². The molecule has 1 aromatic carbocycles. The highest BCUT2D eigenvalue weighted by molar-refractivity contribution is 5.95. The number of rotatable bonds is 5. The first-order valence-corrected chi connectivity index (χ1v) is 9.24. The molecule has 3 unspecified atom stereocenters. The molecule has 24 heavy (non-hydrogen) atoms. The van der Waals surface area contributed by atoms with E-state index in [1.54, 1.807) is 0 Å². The van der Waals surface area contributed by atoms with Gasteiger partial charge in [0.1, 0.15) is 0 Å². The topological polar surface area (TPSA) is 46.6 Å². The van der Waals surface area contributed by atoms with E-state index in [0.29, 0.717) is 25.4 Å². The Morgan fingerprint density at radius 1 is 1.17 bits per heavy atom. The fraction of sp³-hybridized carbons (Fsp3) is 0.600. The van der Waals surface area contributed by atoms with E-state index in [-0.39, 0.29) is 11.9 Å². The number of hydrogen-bond donors (Lipinski definition) is 0. The Bertz CT molecular complexity index is 624. The summed E-state index contributed by atoms with van der Waals surface area (Å²) < 4.78 is 5.53. The van der Waals surface area contributed by atoms with Crippen LogP contribution in [-0.2, 0) is 20.7 Å². The van der Waals surface area contributed by atoms with Gasteiger partial charge >= 0.3 is 5.97 Å². The van der Waals surface area contributed by atoms with Gasteiger partial charge in [-0.1, -0.05) is 18.6 Å². The van der Waals surface area contributed by atoms with Crippen molar-refractivity contribution >= 4 is 17.6 Å². The summed E-state index contributed by atoms with van der Waals surface area (Å²) in [5.41, 5.74) is 1.87. The van der Waals surface area contributed by atoms with Crippen LogP contribution in [0.4, 0.5) is 5.69 Å². The zero-order valence-corrected chi connectivity index (χ0v) is 14.1. The second kappa shape index (κ2) is 6.58. The maximum absolute atomic E-state index is 12.1. The van der Waals surface area contributed by atoms with Gasteiger partial charge in [0.15, 0.2) is 0 Å². The highest BCUT2D eigenvalue weighted by atomic mass is 16.5. The van der Waals surface area contributed by atoms with E-state index in [9.17, 15) is 9.59 Å². The minimum Gasteiger partial charge on any atom is -0.465 e. The zero-order valence-electron chi connectivity index (χ0n) is 14.1. The Hall–Kier alpha value is -1.84. The number of carbonyl (C=O) groups is 2. The monoisotopic (exact) mass is 327 g/mol. The Labute approximate surface area is 143 Å². The van der Waals surface area contributed by atoms with Crippen molar-refractivity contribution in [1.29, 1.82) is 0 Å². The van der Waals surface area contributed by atoms with Gasteiger partial charge in [0.05, 0.1) is 13.0 Å². The molecule has 1 saturated heterocycles. The normalized spacial score (nSPS) is 28.6. The number of nitrogens with zero attached hydrogens (tertiary/aromatic N) is 1. The van der Waals surface area contributed by atoms with E-state index in [1.807, 2.05) is 29.2 Å². The van der Waals surface area contributed by atoms with Gasteiger partial charge in [-0.3, -0.25) is 9.59 Å². The van der Waals surface area contributed by atoms with Crippen LogP contribution in [0.15, 0.2) is 24.3 Å². The molecule has 3 fully saturated rings. The number of benzene rings is 1. The van der Waals surface area contributed by atoms with Gasteiger partial charge in [0.25, 0.3) is 0 Å². The largest absolute Gasteiger partial charge is 0.465 e. The summed E-state index contributed by atoms with van der Waals surface area (Å²) >= 11 is 0. The van der Waals surface area contributed by atoms with Crippen molar-refractivity contribution in [3.63, 3.8) is 0 Å². The number of esters is 1. The van der Waals surface area contributed by atoms with Crippen LogP contribution in [0.2, 0.25) is 0 Å². The lowest BCUT2D eigenvalue weighted by molar-refractivity contribution is -0.144. The second-order valence-electron chi connectivity index (χ2n) is 7.61. The number of ether oxygens (including phenoxy) is 1. The molecule has 2 bridgehead atoms. The number of carbonyl (C=O) groups excluding carboxylic acids is 2. The average Bonchev–Trinajstić information content (AvgIpc) is 3.30. The van der Waals surface area contributed by atoms with E-state index in [4.69, 9.17) is 4.74 Å². The highest BCUT2D eigenvalue weighted by Crippen LogP contribution is 2.48. The first kappa shape index (κ1) is 15.7. The van der Waals surface area contributed by atoms with Gasteiger partial charge in [-0.25, -0.2) is 0 Å². The van der Waals surface area contributed by atoms with Crippen molar-refractivity contribution < 1.29 is 14.3 Å². The van der Waals surface area contributed by atoms with Crippen molar-refractivity contribution in [2.45, 2.75) is 44.9 Å². The lowest BCUT2D eigenvalue weighted by atomic mass is 9.89. The minimum atomic E-state index is -0.136. The third kappa shape index (κ3) is 3.19. The molecular weight excluding hydrogens is 302 g/mol. The minimum absolute atomic E-state index is 0.136. The summed E-state index contributed by atoms with van der Waals surface area (Å²) in [5, 5.41) is 0. The quantitative estimate of drug-likeness (QED) is 0.779. The number of amides is 1. The Kier molecular flexibility index (Phi) is 4.30. The smallest absolute Gasteiger partial charge is 0.310 e. The summed E-state index contributed by atoms with van der Waals surface area (Å²) in [6.45, 7) is 1.39. The molecular formula is C20H25NO3. The van der Waals surface area contributed by atoms with Gasteiger partial charge in [-0.2, -0.15) is 0 Å². The first-order chi connectivity index (χ1) is 11.7. The molecule has 1 aromatic rings. The SMILES string of the molecule is O=C(Cc1ccc(N2CCCC2=O)cc1)OCC1CC2CCC1C2. The average molecular weight is 327 g/mol. The number of fused-ring (bicyclic) bond motifs is 2. The molecule has 4 rings (SSSR count). The molecule has 0 spiro atoms. The molecule has 4 heteroatoms. The molecule has 0 aromatic heterocycles. The van der Waals surface area contributed by atoms with Gasteiger partial charge in [0.2, 0.25) is 5.91 Å². The molecule has 0 N–H and O–H groups in total. The van der Waals surface area contributed by atoms with Gasteiger partial charge in [-0.05, 0) is 61.1 Å². The van der Waals surface area contributed by atoms with E-state index < -0.39 is 0 Å². The molecule has 0 radical (unpaired) electrons. The van der Waals surface area contributed by atoms with E-state index >= 15 is 0 Å². The fourth-order valence-electron chi connectivity index (χ4n) is 4.71. The van der Waals surface area contributed by atoms with Crippen LogP contribution < -0.4 is 4.90 Å². The van der Waals surface area contributed by atoms with Crippen molar-refractivity contribution in [1.82, 2.24) is 0 Å². The van der Waals surface area contributed by atoms with Crippen molar-refractivity contribution in [2.24, 2.45) is 17.8 Å². The van der Waals surface area contributed by atoms with Crippen LogP contribution in [0.5, 0.6) is 0 Å². The van der Waals surface area contributed by atoms with E-state index in [0.717, 1.165) is 36.1 Å². The number of hydrogen-bond acceptors (Lipinski definition) is 3. The Balaban J connectivity index is 1.27. The third-order valence-electron chi connectivity index (χ3n) is 6.01. The second-order valence-corrected chi connectivity index (χ2v) is 7.61. The van der Waals surface area contributed by atoms with Crippen LogP contribution in [0, 0.1) is 17.8 Å². The molecule has 3 aliphatic rings. The molecule has 1 amide bonds. The molecule has 3 atom stereocenters. The van der Waals surface area contributed by atoms with Crippen LogP contribution in [-0.4, -0.2) is 25.0 Å². The summed E-state index contributed by atoms with van der Waals surface area (Å²) in [6.07, 6.45) is 7.17. The molecule has 1 aliphatic heterocycles. The van der Waals surface area contributed by atoms with E-state index in [1.165, 1.54) is 25.7 Å². The predicted octanol–water partition coefficient (Wildman–Crippen LogP) is 3.34. The van der Waals surface area contributed by atoms with Gasteiger partial charge < -0.3 is 9.64 Å². The Morgan fingerprint density at radius 3 is 2.62 bits per heavy atom. The molecule has 4 nitrogen and oxygen atoms in total. The summed E-state index contributed by atoms with van der Waals surface area (Å²) in [7, 11) is 0. The fourth-order valence-corrected chi connectivity index (χ4v) is 4.71. The molecule has 1 heterocycles. The lowest BCUT2D eigenvalue weighted by Crippen LogP contribution is -2.23. The lowest BCUT2D eigenvalue weighted by Gasteiger charge is -2.21. The molecule has 128 valence electrons. The Morgan fingerprint density at radius 2 is 2.00 bits per heavy atom. The van der Waals surface area contributed by atoms with Crippen LogP contribution in [0.3, 0.4) is 0 Å². The van der Waals surface area contributed by atoms with Gasteiger partial charge in [-0.15, -0.1) is 0 Å². The predicted molar refractivity (Wildman–Crippen MR) is 91.6 cm³/mol. The van der Waals surface area contributed by atoms with E-state index in [2.05, 4.69) is 0 Å². The van der Waals surface area contributed by atoms with Gasteiger partial charge in [0, 0.05) is 18.7 Å². The van der Waals surface area contributed by atoms with Crippen molar-refractivity contribution in [3.05, 3.63) is 29.8 Å². The summed E-state index contributed by atoms with van der Waals surface area (Å²) in [4.78, 5) is 25.7.